The van der Waals surface area contributed by atoms with E-state index in [2.05, 4.69) is 15.9 Å². The van der Waals surface area contributed by atoms with Crippen LogP contribution in [0.25, 0.3) is 0 Å². The first kappa shape index (κ1) is 17.1. The van der Waals surface area contributed by atoms with Crippen LogP contribution in [0.1, 0.15) is 40.5 Å². The van der Waals surface area contributed by atoms with E-state index < -0.39 is 5.60 Å². The Bertz CT molecular complexity index is 527. The van der Waals surface area contributed by atoms with Gasteiger partial charge in [0.25, 0.3) is 0 Å². The van der Waals surface area contributed by atoms with Crippen molar-refractivity contribution in [1.82, 2.24) is 4.90 Å². The van der Waals surface area contributed by atoms with Crippen LogP contribution in [0.5, 0.6) is 5.75 Å². The number of piperidine rings is 1. The zero-order valence-corrected chi connectivity index (χ0v) is 15.2. The molecule has 4 nitrogen and oxygen atoms in total. The smallest absolute Gasteiger partial charge is 0.410 e. The Morgan fingerprint density at radius 3 is 2.68 bits per heavy atom. The molecule has 122 valence electrons. The number of halogens is 1. The van der Waals surface area contributed by atoms with E-state index in [9.17, 15) is 4.79 Å². The van der Waals surface area contributed by atoms with Gasteiger partial charge in [0.1, 0.15) is 17.5 Å². The molecule has 0 radical (unpaired) electrons. The Hall–Kier alpha value is -1.23. The highest BCUT2D eigenvalue weighted by Gasteiger charge is 2.32. The summed E-state index contributed by atoms with van der Waals surface area (Å²) in [4.78, 5) is 14.0. The summed E-state index contributed by atoms with van der Waals surface area (Å²) in [5.74, 6) is 0.859. The maximum atomic E-state index is 12.2. The van der Waals surface area contributed by atoms with Crippen molar-refractivity contribution in [2.45, 2.75) is 58.3 Å². The summed E-state index contributed by atoms with van der Waals surface area (Å²) in [5, 5.41) is 0. The zero-order chi connectivity index (χ0) is 16.3. The lowest BCUT2D eigenvalue weighted by Crippen LogP contribution is -2.49. The van der Waals surface area contributed by atoms with Crippen LogP contribution in [0.3, 0.4) is 0 Å². The van der Waals surface area contributed by atoms with Crippen LogP contribution >= 0.6 is 15.9 Å². The third kappa shape index (κ3) is 4.90. The van der Waals surface area contributed by atoms with Crippen molar-refractivity contribution in [2.24, 2.45) is 0 Å². The minimum Gasteiger partial charge on any atom is -0.490 e. The molecule has 5 heteroatoms. The number of amides is 1. The predicted octanol–water partition coefficient (Wildman–Crippen LogP) is 4.62. The maximum Gasteiger partial charge on any atom is 0.410 e. The summed E-state index contributed by atoms with van der Waals surface area (Å²) in [6.45, 7) is 8.37. The molecule has 2 atom stereocenters. The molecule has 0 bridgehead atoms. The Morgan fingerprint density at radius 2 is 2.09 bits per heavy atom. The number of carbonyl (C=O) groups is 1. The van der Waals surface area contributed by atoms with Crippen LogP contribution in [0.15, 0.2) is 28.7 Å². The van der Waals surface area contributed by atoms with Gasteiger partial charge in [-0.15, -0.1) is 0 Å². The van der Waals surface area contributed by atoms with Crippen molar-refractivity contribution >= 4 is 22.0 Å². The van der Waals surface area contributed by atoms with Crippen LogP contribution in [0.4, 0.5) is 4.79 Å². The highest BCUT2D eigenvalue weighted by molar-refractivity contribution is 9.10. The van der Waals surface area contributed by atoms with Crippen molar-refractivity contribution in [3.63, 3.8) is 0 Å². The number of nitrogens with zero attached hydrogens (tertiary/aromatic N) is 1. The number of hydrogen-bond donors (Lipinski definition) is 0. The largest absolute Gasteiger partial charge is 0.490 e. The molecule has 2 rings (SSSR count). The molecule has 1 heterocycles. The normalized spacial score (nSPS) is 22.3. The molecule has 0 aliphatic carbocycles. The number of carbonyl (C=O) groups excluding carboxylic acids is 1. The van der Waals surface area contributed by atoms with E-state index in [0.29, 0.717) is 6.54 Å². The second kappa shape index (κ2) is 6.90. The van der Waals surface area contributed by atoms with Crippen molar-refractivity contribution in [3.05, 3.63) is 28.7 Å². The maximum absolute atomic E-state index is 12.2. The first-order valence-electron chi connectivity index (χ1n) is 7.66. The van der Waals surface area contributed by atoms with Gasteiger partial charge in [0.05, 0.1) is 0 Å². The average molecular weight is 370 g/mol. The van der Waals surface area contributed by atoms with Gasteiger partial charge in [-0.05, 0) is 45.9 Å². The summed E-state index contributed by atoms with van der Waals surface area (Å²) >= 11 is 3.45. The predicted molar refractivity (Wildman–Crippen MR) is 90.2 cm³/mol. The molecule has 1 aliphatic rings. The molecule has 22 heavy (non-hydrogen) atoms. The summed E-state index contributed by atoms with van der Waals surface area (Å²) in [7, 11) is 0. The van der Waals surface area contributed by atoms with E-state index in [1.54, 1.807) is 4.90 Å². The van der Waals surface area contributed by atoms with Gasteiger partial charge in [-0.3, -0.25) is 0 Å². The number of benzene rings is 1. The van der Waals surface area contributed by atoms with Gasteiger partial charge in [-0.2, -0.15) is 0 Å². The van der Waals surface area contributed by atoms with Gasteiger partial charge < -0.3 is 14.4 Å². The lowest BCUT2D eigenvalue weighted by Gasteiger charge is -2.38. The van der Waals surface area contributed by atoms with Crippen molar-refractivity contribution < 1.29 is 14.3 Å². The molecule has 1 aromatic rings. The van der Waals surface area contributed by atoms with Crippen LogP contribution in [0, 0.1) is 0 Å². The first-order valence-corrected chi connectivity index (χ1v) is 8.46. The Balaban J connectivity index is 1.91. The fourth-order valence-electron chi connectivity index (χ4n) is 2.56. The number of ether oxygens (including phenoxy) is 2. The molecule has 0 saturated carbocycles. The summed E-state index contributed by atoms with van der Waals surface area (Å²) in [6, 6.07) is 7.96. The fraction of sp³-hybridized carbons (Fsp3) is 0.588. The minimum atomic E-state index is -0.458. The van der Waals surface area contributed by atoms with Crippen molar-refractivity contribution in [2.75, 3.05) is 6.54 Å². The lowest BCUT2D eigenvalue weighted by molar-refractivity contribution is -0.00103. The Kier molecular flexibility index (Phi) is 5.37. The lowest BCUT2D eigenvalue weighted by atomic mass is 10.0. The Labute approximate surface area is 140 Å². The van der Waals surface area contributed by atoms with E-state index in [1.807, 2.05) is 52.0 Å². The molecular weight excluding hydrogens is 346 g/mol. The van der Waals surface area contributed by atoms with Crippen molar-refractivity contribution in [3.8, 4) is 5.75 Å². The Morgan fingerprint density at radius 1 is 1.36 bits per heavy atom. The van der Waals surface area contributed by atoms with Crippen LogP contribution in [0.2, 0.25) is 0 Å². The third-order valence-electron chi connectivity index (χ3n) is 3.55. The number of likely N-dealkylation sites (tertiary alicyclic amines) is 1. The first-order chi connectivity index (χ1) is 10.2. The fourth-order valence-corrected chi connectivity index (χ4v) is 2.94. The summed E-state index contributed by atoms with van der Waals surface area (Å²) in [6.07, 6.45) is 1.52. The molecule has 0 aromatic heterocycles. The van der Waals surface area contributed by atoms with Crippen LogP contribution < -0.4 is 4.74 Å². The van der Waals surface area contributed by atoms with Gasteiger partial charge in [0, 0.05) is 29.9 Å². The van der Waals surface area contributed by atoms with Gasteiger partial charge >= 0.3 is 6.09 Å². The zero-order valence-electron chi connectivity index (χ0n) is 13.6. The molecule has 1 aromatic carbocycles. The third-order valence-corrected chi connectivity index (χ3v) is 4.05. The molecular formula is C17H24BrNO3. The van der Waals surface area contributed by atoms with Crippen LogP contribution in [-0.2, 0) is 4.74 Å². The van der Waals surface area contributed by atoms with E-state index >= 15 is 0 Å². The molecule has 0 spiro atoms. The van der Waals surface area contributed by atoms with Crippen molar-refractivity contribution in [1.29, 1.82) is 0 Å². The second-order valence-corrected chi connectivity index (χ2v) is 7.66. The number of rotatable bonds is 2. The van der Waals surface area contributed by atoms with E-state index in [1.165, 1.54) is 0 Å². The minimum absolute atomic E-state index is 0.112. The summed E-state index contributed by atoms with van der Waals surface area (Å²) in [5.41, 5.74) is -0.458. The highest BCUT2D eigenvalue weighted by atomic mass is 79.9. The van der Waals surface area contributed by atoms with E-state index in [4.69, 9.17) is 9.47 Å². The average Bonchev–Trinajstić information content (AvgIpc) is 2.36. The monoisotopic (exact) mass is 369 g/mol. The van der Waals surface area contributed by atoms with Crippen LogP contribution in [-0.4, -0.2) is 35.3 Å². The molecule has 1 saturated heterocycles. The quantitative estimate of drug-likeness (QED) is 0.763. The van der Waals surface area contributed by atoms with Gasteiger partial charge in [0.2, 0.25) is 0 Å². The molecule has 0 unspecified atom stereocenters. The van der Waals surface area contributed by atoms with E-state index in [-0.39, 0.29) is 18.2 Å². The van der Waals surface area contributed by atoms with Gasteiger partial charge in [-0.25, -0.2) is 4.79 Å². The highest BCUT2D eigenvalue weighted by Crippen LogP contribution is 2.25. The standard InChI is InChI=1S/C17H24BrNO3/c1-12-10-15(21-14-7-5-6-13(18)11-14)8-9-19(12)16(20)22-17(2,3)4/h5-7,11-12,15H,8-10H2,1-4H3/t12-,15-/m1/s1. The van der Waals surface area contributed by atoms with Gasteiger partial charge in [0.15, 0.2) is 0 Å². The molecule has 0 N–H and O–H groups in total. The second-order valence-electron chi connectivity index (χ2n) is 6.74. The van der Waals surface area contributed by atoms with Gasteiger partial charge in [-0.1, -0.05) is 22.0 Å². The topological polar surface area (TPSA) is 38.8 Å². The molecule has 1 aliphatic heterocycles. The summed E-state index contributed by atoms with van der Waals surface area (Å²) < 4.78 is 12.5. The SMILES string of the molecule is C[C@@H]1C[C@H](Oc2cccc(Br)c2)CCN1C(=O)OC(C)(C)C. The number of hydrogen-bond acceptors (Lipinski definition) is 3. The molecule has 1 amide bonds. The molecule has 1 fully saturated rings. The van der Waals surface area contributed by atoms with E-state index in [0.717, 1.165) is 23.1 Å².